The van der Waals surface area contributed by atoms with Crippen LogP contribution >= 0.6 is 0 Å². The Bertz CT molecular complexity index is 1090. The molecule has 2 unspecified atom stereocenters. The molecule has 0 bridgehead atoms. The molecule has 2 saturated heterocycles. The van der Waals surface area contributed by atoms with Crippen molar-refractivity contribution in [3.8, 4) is 11.5 Å². The zero-order valence-electron chi connectivity index (χ0n) is 17.2. The predicted octanol–water partition coefficient (Wildman–Crippen LogP) is 3.01. The number of ether oxygens (including phenoxy) is 2. The van der Waals surface area contributed by atoms with Crippen LogP contribution in [0.15, 0.2) is 36.4 Å². The van der Waals surface area contributed by atoms with Crippen LogP contribution < -0.4 is 9.47 Å². The van der Waals surface area contributed by atoms with Gasteiger partial charge < -0.3 is 19.3 Å². The van der Waals surface area contributed by atoms with Crippen molar-refractivity contribution in [1.82, 2.24) is 9.80 Å². The molecule has 0 N–H and O–H groups in total. The van der Waals surface area contributed by atoms with Gasteiger partial charge in [-0.2, -0.15) is 0 Å². The van der Waals surface area contributed by atoms with Gasteiger partial charge in [-0.25, -0.2) is 13.2 Å². The molecule has 0 aromatic heterocycles. The van der Waals surface area contributed by atoms with E-state index in [-0.39, 0.29) is 17.9 Å². The topological polar surface area (TPSA) is 59.1 Å². The minimum atomic E-state index is -1.33. The zero-order valence-corrected chi connectivity index (χ0v) is 17.2. The van der Waals surface area contributed by atoms with Crippen LogP contribution in [0.2, 0.25) is 0 Å². The average molecular weight is 446 g/mol. The van der Waals surface area contributed by atoms with Crippen molar-refractivity contribution >= 4 is 11.8 Å². The van der Waals surface area contributed by atoms with E-state index in [1.165, 1.54) is 4.90 Å². The highest BCUT2D eigenvalue weighted by molar-refractivity contribution is 5.94. The van der Waals surface area contributed by atoms with Crippen molar-refractivity contribution in [3.63, 3.8) is 0 Å². The molecule has 1 spiro atoms. The summed E-state index contributed by atoms with van der Waals surface area (Å²) in [6, 6.07) is 8.14. The van der Waals surface area contributed by atoms with Gasteiger partial charge in [0.1, 0.15) is 12.4 Å². The van der Waals surface area contributed by atoms with Gasteiger partial charge in [0.25, 0.3) is 11.8 Å². The summed E-state index contributed by atoms with van der Waals surface area (Å²) in [7, 11) is 0. The summed E-state index contributed by atoms with van der Waals surface area (Å²) in [5.74, 6) is -3.42. The lowest BCUT2D eigenvalue weighted by molar-refractivity contribution is -0.140. The monoisotopic (exact) mass is 446 g/mol. The largest absolute Gasteiger partial charge is 0.485 e. The number of para-hydroxylation sites is 2. The van der Waals surface area contributed by atoms with Crippen molar-refractivity contribution in [2.45, 2.75) is 18.9 Å². The van der Waals surface area contributed by atoms with Gasteiger partial charge in [-0.05, 0) is 31.0 Å². The molecule has 32 heavy (non-hydrogen) atoms. The Balaban J connectivity index is 1.24. The molecule has 2 atom stereocenters. The third-order valence-corrected chi connectivity index (χ3v) is 6.50. The van der Waals surface area contributed by atoms with Crippen molar-refractivity contribution in [2.75, 3.05) is 32.8 Å². The fourth-order valence-corrected chi connectivity index (χ4v) is 4.77. The van der Waals surface area contributed by atoms with Crippen LogP contribution in [0.25, 0.3) is 0 Å². The minimum absolute atomic E-state index is 0.124. The molecule has 168 valence electrons. The summed E-state index contributed by atoms with van der Waals surface area (Å²) >= 11 is 0. The van der Waals surface area contributed by atoms with Crippen LogP contribution in [-0.2, 0) is 4.79 Å². The molecule has 3 aliphatic rings. The van der Waals surface area contributed by atoms with Crippen LogP contribution in [0, 0.1) is 22.9 Å². The number of fused-ring (bicyclic) bond motifs is 1. The Labute approximate surface area is 182 Å². The molecular weight excluding hydrogens is 425 g/mol. The highest BCUT2D eigenvalue weighted by Crippen LogP contribution is 2.41. The van der Waals surface area contributed by atoms with E-state index < -0.39 is 35.0 Å². The number of benzene rings is 2. The van der Waals surface area contributed by atoms with E-state index in [2.05, 4.69) is 0 Å². The number of halogens is 3. The molecule has 0 saturated carbocycles. The van der Waals surface area contributed by atoms with Crippen molar-refractivity contribution < 1.29 is 32.2 Å². The summed E-state index contributed by atoms with van der Waals surface area (Å²) in [5.41, 5.74) is -0.799. The van der Waals surface area contributed by atoms with E-state index in [9.17, 15) is 22.8 Å². The van der Waals surface area contributed by atoms with Gasteiger partial charge in [-0.1, -0.05) is 12.1 Å². The van der Waals surface area contributed by atoms with Gasteiger partial charge in [-0.3, -0.25) is 9.59 Å². The Morgan fingerprint density at radius 2 is 1.56 bits per heavy atom. The Hall–Kier alpha value is -3.23. The molecule has 2 fully saturated rings. The minimum Gasteiger partial charge on any atom is -0.485 e. The Morgan fingerprint density at radius 1 is 0.906 bits per heavy atom. The first kappa shape index (κ1) is 20.7. The molecule has 5 rings (SSSR count). The molecule has 3 heterocycles. The van der Waals surface area contributed by atoms with E-state index >= 15 is 0 Å². The summed E-state index contributed by atoms with van der Waals surface area (Å²) in [4.78, 5) is 28.9. The van der Waals surface area contributed by atoms with Crippen molar-refractivity contribution in [3.05, 3.63) is 59.4 Å². The average Bonchev–Trinajstić information content (AvgIpc) is 3.42. The first-order valence-corrected chi connectivity index (χ1v) is 10.5. The second-order valence-electron chi connectivity index (χ2n) is 8.60. The van der Waals surface area contributed by atoms with Crippen LogP contribution in [0.3, 0.4) is 0 Å². The predicted molar refractivity (Wildman–Crippen MR) is 107 cm³/mol. The standard InChI is InChI=1S/C23H21F3N2O4/c24-15-10-17(26)16(25)9-14(15)21(29)27-7-5-23(12-27)6-8-28(13-23)22(30)20-11-31-18-3-1-2-4-19(18)32-20/h1-4,9-10,20H,5-8,11-13H2. The molecular formula is C23H21F3N2O4. The highest BCUT2D eigenvalue weighted by atomic mass is 19.2. The second-order valence-corrected chi connectivity index (χ2v) is 8.60. The zero-order chi connectivity index (χ0) is 22.5. The highest BCUT2D eigenvalue weighted by Gasteiger charge is 2.47. The van der Waals surface area contributed by atoms with Gasteiger partial charge in [0.2, 0.25) is 6.10 Å². The molecule has 2 amide bonds. The van der Waals surface area contributed by atoms with Crippen LogP contribution in [0.5, 0.6) is 11.5 Å². The van der Waals surface area contributed by atoms with E-state index in [1.54, 1.807) is 23.1 Å². The fraction of sp³-hybridized carbons (Fsp3) is 0.391. The first-order valence-electron chi connectivity index (χ1n) is 10.5. The van der Waals surface area contributed by atoms with E-state index in [4.69, 9.17) is 9.47 Å². The maximum absolute atomic E-state index is 14.0. The molecule has 0 aliphatic carbocycles. The number of amides is 2. The maximum Gasteiger partial charge on any atom is 0.267 e. The first-order chi connectivity index (χ1) is 15.3. The lowest BCUT2D eigenvalue weighted by Crippen LogP contribution is -2.46. The fourth-order valence-electron chi connectivity index (χ4n) is 4.77. The quantitative estimate of drug-likeness (QED) is 0.666. The van der Waals surface area contributed by atoms with Crippen LogP contribution in [-0.4, -0.2) is 60.5 Å². The number of carbonyl (C=O) groups excluding carboxylic acids is 2. The van der Waals surface area contributed by atoms with E-state index in [0.717, 1.165) is 0 Å². The molecule has 2 aromatic rings. The van der Waals surface area contributed by atoms with Gasteiger partial charge in [0.15, 0.2) is 23.1 Å². The SMILES string of the molecule is O=C(c1cc(F)c(F)cc1F)N1CCC2(CCN(C(=O)C3COc4ccccc4O3)C2)C1. The molecule has 6 nitrogen and oxygen atoms in total. The normalized spacial score (nSPS) is 24.3. The third-order valence-electron chi connectivity index (χ3n) is 6.50. The maximum atomic E-state index is 14.0. The smallest absolute Gasteiger partial charge is 0.267 e. The lowest BCUT2D eigenvalue weighted by Gasteiger charge is -2.30. The lowest BCUT2D eigenvalue weighted by atomic mass is 9.86. The molecule has 9 heteroatoms. The Kier molecular flexibility index (Phi) is 4.98. The van der Waals surface area contributed by atoms with E-state index in [1.807, 2.05) is 6.07 Å². The summed E-state index contributed by atoms with van der Waals surface area (Å²) in [6.07, 6.45) is 0.585. The molecule has 0 radical (unpaired) electrons. The van der Waals surface area contributed by atoms with Gasteiger partial charge in [0.05, 0.1) is 5.56 Å². The Morgan fingerprint density at radius 3 is 2.34 bits per heavy atom. The number of hydrogen-bond acceptors (Lipinski definition) is 4. The van der Waals surface area contributed by atoms with Gasteiger partial charge in [0, 0.05) is 37.7 Å². The number of hydrogen-bond donors (Lipinski definition) is 0. The van der Waals surface area contributed by atoms with Gasteiger partial charge in [-0.15, -0.1) is 0 Å². The van der Waals surface area contributed by atoms with Crippen LogP contribution in [0.1, 0.15) is 23.2 Å². The van der Waals surface area contributed by atoms with Crippen LogP contribution in [0.4, 0.5) is 13.2 Å². The van der Waals surface area contributed by atoms with Crippen molar-refractivity contribution in [2.24, 2.45) is 5.41 Å². The number of nitrogens with zero attached hydrogens (tertiary/aromatic N) is 2. The van der Waals surface area contributed by atoms with E-state index in [0.29, 0.717) is 62.7 Å². The summed E-state index contributed by atoms with van der Waals surface area (Å²) < 4.78 is 52.2. The molecule has 2 aromatic carbocycles. The number of likely N-dealkylation sites (tertiary alicyclic amines) is 2. The molecule has 3 aliphatic heterocycles. The van der Waals surface area contributed by atoms with Gasteiger partial charge >= 0.3 is 0 Å². The summed E-state index contributed by atoms with van der Waals surface area (Å²) in [5, 5.41) is 0. The summed E-state index contributed by atoms with van der Waals surface area (Å²) in [6.45, 7) is 1.76. The number of rotatable bonds is 2. The second kappa shape index (κ2) is 7.72. The third kappa shape index (κ3) is 3.55. The number of carbonyl (C=O) groups is 2. The van der Waals surface area contributed by atoms with Crippen molar-refractivity contribution in [1.29, 1.82) is 0 Å².